The average molecular weight is 184 g/mol. The number of piperazine rings is 1. The molecule has 78 valence electrons. The molecule has 1 saturated carbocycles. The van der Waals surface area contributed by atoms with E-state index in [4.69, 9.17) is 0 Å². The summed E-state index contributed by atoms with van der Waals surface area (Å²) in [5.41, 5.74) is 0. The molecule has 1 saturated heterocycles. The van der Waals surface area contributed by atoms with Crippen LogP contribution in [0.1, 0.15) is 33.1 Å². The molecule has 0 aromatic rings. The molecule has 13 heavy (non-hydrogen) atoms. The zero-order valence-electron chi connectivity index (χ0n) is 9.18. The van der Waals surface area contributed by atoms with Gasteiger partial charge in [-0.05, 0) is 18.8 Å². The van der Waals surface area contributed by atoms with Gasteiger partial charge in [0.15, 0.2) is 0 Å². The van der Waals surface area contributed by atoms with E-state index in [2.05, 4.69) is 10.2 Å². The second-order valence-corrected chi connectivity index (χ2v) is 3.85. The van der Waals surface area contributed by atoms with Gasteiger partial charge >= 0.3 is 0 Å². The fraction of sp³-hybridized carbons (Fsp3) is 1.00. The molecule has 2 aliphatic rings. The van der Waals surface area contributed by atoms with Gasteiger partial charge in [0, 0.05) is 32.7 Å². The van der Waals surface area contributed by atoms with Gasteiger partial charge in [0.25, 0.3) is 0 Å². The standard InChI is InChI=1S/C9H18N2.C2H6/c1-2-9(3-1)8-11-6-4-10-5-7-11;1-2/h9-10H,1-8H2;1-2H3. The van der Waals surface area contributed by atoms with Gasteiger partial charge < -0.3 is 10.2 Å². The van der Waals surface area contributed by atoms with Crippen LogP contribution in [0.15, 0.2) is 0 Å². The van der Waals surface area contributed by atoms with Crippen molar-refractivity contribution >= 4 is 0 Å². The summed E-state index contributed by atoms with van der Waals surface area (Å²) in [5.74, 6) is 1.05. The Hall–Kier alpha value is -0.0800. The van der Waals surface area contributed by atoms with Crippen molar-refractivity contribution in [1.82, 2.24) is 10.2 Å². The lowest BCUT2D eigenvalue weighted by atomic mass is 9.85. The molecule has 2 rings (SSSR count). The number of hydrogen-bond donors (Lipinski definition) is 1. The first kappa shape index (κ1) is 11.0. The van der Waals surface area contributed by atoms with E-state index in [0.29, 0.717) is 0 Å². The Balaban J connectivity index is 0.000000396. The molecular weight excluding hydrogens is 160 g/mol. The Morgan fingerprint density at radius 1 is 1.15 bits per heavy atom. The van der Waals surface area contributed by atoms with Gasteiger partial charge in [-0.2, -0.15) is 0 Å². The minimum Gasteiger partial charge on any atom is -0.314 e. The monoisotopic (exact) mass is 184 g/mol. The van der Waals surface area contributed by atoms with E-state index in [1.807, 2.05) is 13.8 Å². The van der Waals surface area contributed by atoms with Crippen LogP contribution in [0, 0.1) is 5.92 Å². The molecule has 1 aliphatic heterocycles. The third kappa shape index (κ3) is 3.65. The van der Waals surface area contributed by atoms with Crippen LogP contribution in [-0.2, 0) is 0 Å². The lowest BCUT2D eigenvalue weighted by molar-refractivity contribution is 0.162. The van der Waals surface area contributed by atoms with Gasteiger partial charge in [-0.25, -0.2) is 0 Å². The Bertz CT molecular complexity index is 115. The maximum Gasteiger partial charge on any atom is 0.0107 e. The Kier molecular flexibility index (Phi) is 5.40. The van der Waals surface area contributed by atoms with E-state index in [1.54, 1.807) is 0 Å². The molecule has 0 amide bonds. The molecule has 2 fully saturated rings. The van der Waals surface area contributed by atoms with Crippen molar-refractivity contribution in [1.29, 1.82) is 0 Å². The first-order valence-electron chi connectivity index (χ1n) is 5.88. The summed E-state index contributed by atoms with van der Waals surface area (Å²) in [5, 5.41) is 3.38. The van der Waals surface area contributed by atoms with E-state index < -0.39 is 0 Å². The number of hydrogen-bond acceptors (Lipinski definition) is 2. The molecule has 0 unspecified atom stereocenters. The predicted octanol–water partition coefficient (Wildman–Crippen LogP) is 1.72. The minimum absolute atomic E-state index is 1.05. The van der Waals surface area contributed by atoms with Gasteiger partial charge in [-0.1, -0.05) is 20.3 Å². The fourth-order valence-electron chi connectivity index (χ4n) is 1.93. The van der Waals surface area contributed by atoms with Crippen molar-refractivity contribution in [3.05, 3.63) is 0 Å². The zero-order valence-corrected chi connectivity index (χ0v) is 9.18. The topological polar surface area (TPSA) is 15.3 Å². The summed E-state index contributed by atoms with van der Waals surface area (Å²) >= 11 is 0. The Morgan fingerprint density at radius 2 is 1.77 bits per heavy atom. The minimum atomic E-state index is 1.05. The molecule has 1 N–H and O–H groups in total. The second-order valence-electron chi connectivity index (χ2n) is 3.85. The summed E-state index contributed by atoms with van der Waals surface area (Å²) in [6.45, 7) is 10.3. The van der Waals surface area contributed by atoms with Gasteiger partial charge in [-0.15, -0.1) is 0 Å². The number of nitrogens with one attached hydrogen (secondary N) is 1. The zero-order chi connectivity index (χ0) is 9.52. The van der Waals surface area contributed by atoms with Gasteiger partial charge in [-0.3, -0.25) is 0 Å². The molecule has 2 nitrogen and oxygen atoms in total. The molecule has 0 bridgehead atoms. The van der Waals surface area contributed by atoms with Crippen molar-refractivity contribution in [2.24, 2.45) is 5.92 Å². The summed E-state index contributed by atoms with van der Waals surface area (Å²) < 4.78 is 0. The first-order chi connectivity index (χ1) is 6.45. The summed E-state index contributed by atoms with van der Waals surface area (Å²) in [6, 6.07) is 0. The van der Waals surface area contributed by atoms with E-state index in [0.717, 1.165) is 5.92 Å². The Morgan fingerprint density at radius 3 is 2.23 bits per heavy atom. The van der Waals surface area contributed by atoms with Crippen molar-refractivity contribution in [2.75, 3.05) is 32.7 Å². The number of rotatable bonds is 2. The maximum absolute atomic E-state index is 3.38. The molecule has 0 atom stereocenters. The smallest absolute Gasteiger partial charge is 0.0107 e. The molecule has 1 aliphatic carbocycles. The Labute approximate surface area is 82.7 Å². The van der Waals surface area contributed by atoms with Crippen LogP contribution >= 0.6 is 0 Å². The highest BCUT2D eigenvalue weighted by Gasteiger charge is 2.21. The van der Waals surface area contributed by atoms with Crippen molar-refractivity contribution in [3.8, 4) is 0 Å². The van der Waals surface area contributed by atoms with E-state index in [1.165, 1.54) is 52.0 Å². The van der Waals surface area contributed by atoms with Crippen LogP contribution in [0.4, 0.5) is 0 Å². The van der Waals surface area contributed by atoms with Crippen LogP contribution in [0.25, 0.3) is 0 Å². The van der Waals surface area contributed by atoms with Crippen molar-refractivity contribution in [3.63, 3.8) is 0 Å². The first-order valence-corrected chi connectivity index (χ1v) is 5.88. The lowest BCUT2D eigenvalue weighted by Crippen LogP contribution is -2.46. The van der Waals surface area contributed by atoms with Crippen molar-refractivity contribution < 1.29 is 0 Å². The summed E-state index contributed by atoms with van der Waals surface area (Å²) in [6.07, 6.45) is 4.46. The van der Waals surface area contributed by atoms with Gasteiger partial charge in [0.05, 0.1) is 0 Å². The second kappa shape index (κ2) is 6.39. The fourth-order valence-corrected chi connectivity index (χ4v) is 1.93. The third-order valence-electron chi connectivity index (χ3n) is 2.95. The summed E-state index contributed by atoms with van der Waals surface area (Å²) in [7, 11) is 0. The van der Waals surface area contributed by atoms with Crippen LogP contribution in [-0.4, -0.2) is 37.6 Å². The average Bonchev–Trinajstić information content (AvgIpc) is 2.17. The highest BCUT2D eigenvalue weighted by atomic mass is 15.2. The highest BCUT2D eigenvalue weighted by Crippen LogP contribution is 2.26. The van der Waals surface area contributed by atoms with Crippen molar-refractivity contribution in [2.45, 2.75) is 33.1 Å². The van der Waals surface area contributed by atoms with E-state index >= 15 is 0 Å². The quantitative estimate of drug-likeness (QED) is 0.703. The van der Waals surface area contributed by atoms with Gasteiger partial charge in [0.1, 0.15) is 0 Å². The van der Waals surface area contributed by atoms with Crippen LogP contribution in [0.3, 0.4) is 0 Å². The van der Waals surface area contributed by atoms with Crippen LogP contribution in [0.5, 0.6) is 0 Å². The van der Waals surface area contributed by atoms with Gasteiger partial charge in [0.2, 0.25) is 0 Å². The van der Waals surface area contributed by atoms with Crippen LogP contribution < -0.4 is 5.32 Å². The molecule has 0 radical (unpaired) electrons. The number of nitrogens with zero attached hydrogens (tertiary/aromatic N) is 1. The lowest BCUT2D eigenvalue weighted by Gasteiger charge is -2.34. The SMILES string of the molecule is C1CC(CN2CCNCC2)C1.CC. The van der Waals surface area contributed by atoms with Crippen LogP contribution in [0.2, 0.25) is 0 Å². The highest BCUT2D eigenvalue weighted by molar-refractivity contribution is 4.76. The predicted molar refractivity (Wildman–Crippen MR) is 58.0 cm³/mol. The molecular formula is C11H24N2. The molecule has 0 spiro atoms. The third-order valence-corrected chi connectivity index (χ3v) is 2.95. The molecule has 1 heterocycles. The molecule has 0 aromatic carbocycles. The largest absolute Gasteiger partial charge is 0.314 e. The molecule has 2 heteroatoms. The molecule has 0 aromatic heterocycles. The van der Waals surface area contributed by atoms with E-state index in [9.17, 15) is 0 Å². The summed E-state index contributed by atoms with van der Waals surface area (Å²) in [4.78, 5) is 2.61. The van der Waals surface area contributed by atoms with E-state index in [-0.39, 0.29) is 0 Å². The normalized spacial score (nSPS) is 24.5. The maximum atomic E-state index is 3.38.